The topological polar surface area (TPSA) is 167 Å². The molecule has 1 aliphatic rings. The largest absolute Gasteiger partial charge is 0.445 e. The molecule has 0 aliphatic carbocycles. The summed E-state index contributed by atoms with van der Waals surface area (Å²) in [6.45, 7) is 1.04. The van der Waals surface area contributed by atoms with Gasteiger partial charge in [-0.2, -0.15) is 4.98 Å². The van der Waals surface area contributed by atoms with Gasteiger partial charge in [0, 0.05) is 29.9 Å². The fourth-order valence-electron chi connectivity index (χ4n) is 2.98. The molecule has 29 heavy (non-hydrogen) atoms. The Morgan fingerprint density at radius 2 is 2.17 bits per heavy atom. The second-order valence-corrected chi connectivity index (χ2v) is 6.52. The van der Waals surface area contributed by atoms with E-state index in [1.54, 1.807) is 18.3 Å². The van der Waals surface area contributed by atoms with Gasteiger partial charge in [-0.1, -0.05) is 6.07 Å². The smallest absolute Gasteiger partial charge is 0.273 e. The Labute approximate surface area is 165 Å². The number of ether oxygens (including phenoxy) is 1. The quantitative estimate of drug-likeness (QED) is 0.470. The van der Waals surface area contributed by atoms with E-state index in [1.165, 1.54) is 6.26 Å². The molecule has 1 aliphatic heterocycles. The molecular weight excluding hydrogens is 376 g/mol. The average Bonchev–Trinajstić information content (AvgIpc) is 3.25. The highest BCUT2D eigenvalue weighted by Crippen LogP contribution is 2.24. The lowest BCUT2D eigenvalue weighted by molar-refractivity contribution is 0.0751. The minimum atomic E-state index is -0.745. The monoisotopic (exact) mass is 396 g/mol. The third-order valence-corrected chi connectivity index (χ3v) is 4.44. The number of carbonyl (C=O) groups excluding carboxylic acids is 1. The summed E-state index contributed by atoms with van der Waals surface area (Å²) in [5, 5.41) is 14.1. The van der Waals surface area contributed by atoms with Crippen molar-refractivity contribution in [3.8, 4) is 11.5 Å². The molecule has 0 bridgehead atoms. The van der Waals surface area contributed by atoms with Crippen LogP contribution in [0.15, 0.2) is 41.1 Å². The number of amides is 1. The number of aromatic nitrogens is 4. The number of benzene rings is 1. The van der Waals surface area contributed by atoms with Crippen LogP contribution in [-0.2, 0) is 4.74 Å². The molecule has 1 fully saturated rings. The first-order chi connectivity index (χ1) is 14.1. The summed E-state index contributed by atoms with van der Waals surface area (Å²) in [7, 11) is 0. The normalized spacial score (nSPS) is 18.9. The van der Waals surface area contributed by atoms with Crippen LogP contribution < -0.4 is 22.1 Å². The maximum Gasteiger partial charge on any atom is 0.273 e. The van der Waals surface area contributed by atoms with Gasteiger partial charge in [-0.3, -0.25) is 4.79 Å². The van der Waals surface area contributed by atoms with Crippen LogP contribution in [0.3, 0.4) is 0 Å². The summed E-state index contributed by atoms with van der Waals surface area (Å²) < 4.78 is 10.7. The predicted molar refractivity (Wildman–Crippen MR) is 104 cm³/mol. The summed E-state index contributed by atoms with van der Waals surface area (Å²) in [5.74, 6) is 0.148. The minimum Gasteiger partial charge on any atom is -0.445 e. The van der Waals surface area contributed by atoms with Gasteiger partial charge in [-0.15, -0.1) is 10.2 Å². The first kappa shape index (κ1) is 18.8. The zero-order valence-corrected chi connectivity index (χ0v) is 15.4. The highest BCUT2D eigenvalue weighted by atomic mass is 16.5. The maximum atomic E-state index is 11.8. The van der Waals surface area contributed by atoms with E-state index in [9.17, 15) is 4.79 Å². The van der Waals surface area contributed by atoms with Crippen molar-refractivity contribution in [2.24, 2.45) is 11.5 Å². The predicted octanol–water partition coefficient (Wildman–Crippen LogP) is 0.897. The van der Waals surface area contributed by atoms with Gasteiger partial charge in [0.15, 0.2) is 11.5 Å². The van der Waals surface area contributed by atoms with E-state index in [1.807, 2.05) is 12.1 Å². The Morgan fingerprint density at radius 3 is 2.93 bits per heavy atom. The van der Waals surface area contributed by atoms with Crippen molar-refractivity contribution in [2.45, 2.75) is 18.5 Å². The van der Waals surface area contributed by atoms with Gasteiger partial charge >= 0.3 is 0 Å². The van der Waals surface area contributed by atoms with Gasteiger partial charge < -0.3 is 31.3 Å². The molecule has 11 nitrogen and oxygen atoms in total. The van der Waals surface area contributed by atoms with Gasteiger partial charge in [0.2, 0.25) is 11.8 Å². The van der Waals surface area contributed by atoms with Crippen molar-refractivity contribution in [2.75, 3.05) is 23.8 Å². The molecule has 1 saturated heterocycles. The molecule has 3 aromatic rings. The maximum absolute atomic E-state index is 11.8. The molecule has 2 aromatic heterocycles. The van der Waals surface area contributed by atoms with Crippen LogP contribution in [0.25, 0.3) is 11.5 Å². The minimum absolute atomic E-state index is 0.0637. The van der Waals surface area contributed by atoms with Gasteiger partial charge in [-0.05, 0) is 24.6 Å². The molecule has 0 spiro atoms. The van der Waals surface area contributed by atoms with E-state index in [0.717, 1.165) is 5.56 Å². The number of nitrogens with one attached hydrogen (secondary N) is 2. The molecule has 2 atom stereocenters. The molecule has 0 unspecified atom stereocenters. The van der Waals surface area contributed by atoms with Crippen molar-refractivity contribution in [3.05, 3.63) is 42.4 Å². The number of rotatable bonds is 6. The van der Waals surface area contributed by atoms with Crippen molar-refractivity contribution in [1.82, 2.24) is 20.2 Å². The molecule has 1 aromatic carbocycles. The number of nitrogens with two attached hydrogens (primary N) is 2. The molecule has 0 radical (unpaired) electrons. The molecule has 4 rings (SSSR count). The summed E-state index contributed by atoms with van der Waals surface area (Å²) in [6, 6.07) is 7.02. The molecule has 11 heteroatoms. The van der Waals surface area contributed by atoms with E-state index in [2.05, 4.69) is 30.8 Å². The molecule has 6 N–H and O–H groups in total. The first-order valence-electron chi connectivity index (χ1n) is 9.01. The average molecular weight is 396 g/mol. The zero-order chi connectivity index (χ0) is 20.2. The van der Waals surface area contributed by atoms with E-state index < -0.39 is 5.91 Å². The van der Waals surface area contributed by atoms with Crippen LogP contribution in [0.1, 0.15) is 16.9 Å². The Kier molecular flexibility index (Phi) is 5.31. The fraction of sp³-hybridized carbons (Fsp3) is 0.278. The molecule has 3 heterocycles. The van der Waals surface area contributed by atoms with Crippen molar-refractivity contribution in [3.63, 3.8) is 0 Å². The van der Waals surface area contributed by atoms with Gasteiger partial charge in [0.1, 0.15) is 6.26 Å². The Morgan fingerprint density at radius 1 is 1.28 bits per heavy atom. The number of anilines is 3. The summed E-state index contributed by atoms with van der Waals surface area (Å²) in [5.41, 5.74) is 12.8. The zero-order valence-electron chi connectivity index (χ0n) is 15.4. The van der Waals surface area contributed by atoms with E-state index in [0.29, 0.717) is 31.2 Å². The molecular formula is C18H20N8O3. The number of hydrogen-bond acceptors (Lipinski definition) is 10. The Hall–Kier alpha value is -3.57. The van der Waals surface area contributed by atoms with Crippen LogP contribution in [0.5, 0.6) is 0 Å². The Balaban J connectivity index is 1.60. The van der Waals surface area contributed by atoms with E-state index in [4.69, 9.17) is 20.6 Å². The highest BCUT2D eigenvalue weighted by Gasteiger charge is 2.24. The van der Waals surface area contributed by atoms with E-state index >= 15 is 0 Å². The van der Waals surface area contributed by atoms with Crippen LogP contribution >= 0.6 is 0 Å². The van der Waals surface area contributed by atoms with Crippen molar-refractivity contribution < 1.29 is 13.9 Å². The van der Waals surface area contributed by atoms with Crippen molar-refractivity contribution in [1.29, 1.82) is 0 Å². The number of hydrogen-bond donors (Lipinski definition) is 4. The third-order valence-electron chi connectivity index (χ3n) is 4.44. The number of carbonyl (C=O) groups is 1. The molecule has 150 valence electrons. The van der Waals surface area contributed by atoms with Gasteiger partial charge in [0.05, 0.1) is 12.8 Å². The summed E-state index contributed by atoms with van der Waals surface area (Å²) >= 11 is 0. The van der Waals surface area contributed by atoms with Crippen LogP contribution in [-0.4, -0.2) is 51.4 Å². The fourth-order valence-corrected chi connectivity index (χ4v) is 2.98. The summed E-state index contributed by atoms with van der Waals surface area (Å²) in [4.78, 5) is 20.3. The second kappa shape index (κ2) is 8.20. The van der Waals surface area contributed by atoms with Crippen LogP contribution in [0.2, 0.25) is 0 Å². The molecule has 0 saturated carbocycles. The number of nitrogens with zero attached hydrogens (tertiary/aromatic N) is 4. The van der Waals surface area contributed by atoms with Gasteiger partial charge in [0.25, 0.3) is 5.91 Å². The number of oxazole rings is 1. The number of primary amides is 1. The standard InChI is InChI=1S/C18H20N8O3/c19-12-9-28-6-4-13(12)23-18-24-16(14(15(20)27)25-26-18)22-11-3-1-2-10(8-11)17-21-5-7-29-17/h1-3,5,7-8,12-13H,4,6,9,19H2,(H2,20,27)(H2,22,23,24,26)/t12-,13+/m0/s1. The third kappa shape index (κ3) is 4.31. The Bertz CT molecular complexity index is 995. The first-order valence-corrected chi connectivity index (χ1v) is 9.01. The highest BCUT2D eigenvalue weighted by molar-refractivity contribution is 5.96. The lowest BCUT2D eigenvalue weighted by atomic mass is 10.1. The van der Waals surface area contributed by atoms with Crippen LogP contribution in [0.4, 0.5) is 17.5 Å². The summed E-state index contributed by atoms with van der Waals surface area (Å²) in [6.07, 6.45) is 3.77. The second-order valence-electron chi connectivity index (χ2n) is 6.52. The van der Waals surface area contributed by atoms with Crippen molar-refractivity contribution >= 4 is 23.4 Å². The molecule has 1 amide bonds. The SMILES string of the molecule is NC(=O)c1nnc(N[C@@H]2CCOC[C@@H]2N)nc1Nc1cccc(-c2ncco2)c1. The lowest BCUT2D eigenvalue weighted by Gasteiger charge is -2.29. The van der Waals surface area contributed by atoms with Crippen LogP contribution in [0, 0.1) is 0 Å². The van der Waals surface area contributed by atoms with E-state index in [-0.39, 0.29) is 29.5 Å². The lowest BCUT2D eigenvalue weighted by Crippen LogP contribution is -2.48. The van der Waals surface area contributed by atoms with Gasteiger partial charge in [-0.25, -0.2) is 4.98 Å².